The van der Waals surface area contributed by atoms with Gasteiger partial charge in [-0.3, -0.25) is 0 Å². The van der Waals surface area contributed by atoms with Crippen LogP contribution >= 0.6 is 0 Å². The SMILES string of the molecule is Cc1ccc(S(=O)(=O)NCCCN(CCCNS(=O)(=O)c2cccc3ccccc23)CC2CCCCC2)cc1. The van der Waals surface area contributed by atoms with Gasteiger partial charge in [-0.1, -0.05) is 73.4 Å². The molecule has 2 N–H and O–H groups in total. The van der Waals surface area contributed by atoms with E-state index in [4.69, 9.17) is 0 Å². The molecule has 3 aromatic rings. The van der Waals surface area contributed by atoms with E-state index in [9.17, 15) is 16.8 Å². The highest BCUT2D eigenvalue weighted by Crippen LogP contribution is 2.25. The Morgan fingerprint density at radius 2 is 1.36 bits per heavy atom. The lowest BCUT2D eigenvalue weighted by atomic mass is 9.89. The average Bonchev–Trinajstić information content (AvgIpc) is 2.93. The molecule has 1 fully saturated rings. The third-order valence-electron chi connectivity index (χ3n) is 7.50. The molecule has 0 aromatic heterocycles. The number of hydrogen-bond donors (Lipinski definition) is 2. The van der Waals surface area contributed by atoms with Crippen LogP contribution in [0.15, 0.2) is 76.5 Å². The number of rotatable bonds is 14. The third-order valence-corrected chi connectivity index (χ3v) is 10.5. The molecule has 0 radical (unpaired) electrons. The van der Waals surface area contributed by atoms with E-state index < -0.39 is 20.0 Å². The molecular formula is C30H41N3O4S2. The molecule has 0 atom stereocenters. The molecule has 0 saturated heterocycles. The first-order valence-corrected chi connectivity index (χ1v) is 17.0. The third kappa shape index (κ3) is 8.59. The fourth-order valence-corrected chi connectivity index (χ4v) is 7.73. The number of nitrogens with zero attached hydrogens (tertiary/aromatic N) is 1. The first-order chi connectivity index (χ1) is 18.7. The second-order valence-corrected chi connectivity index (χ2v) is 14.1. The lowest BCUT2D eigenvalue weighted by Gasteiger charge is -2.30. The van der Waals surface area contributed by atoms with Crippen molar-refractivity contribution in [1.82, 2.24) is 14.3 Å². The summed E-state index contributed by atoms with van der Waals surface area (Å²) in [7, 11) is -7.15. The van der Waals surface area contributed by atoms with Crippen LogP contribution in [0.2, 0.25) is 0 Å². The Hall–Kier alpha value is -2.30. The summed E-state index contributed by atoms with van der Waals surface area (Å²) in [5.41, 5.74) is 1.02. The van der Waals surface area contributed by atoms with Gasteiger partial charge in [0.15, 0.2) is 0 Å². The fraction of sp³-hybridized carbons (Fsp3) is 0.467. The predicted octanol–water partition coefficient (Wildman–Crippen LogP) is 5.07. The quantitative estimate of drug-likeness (QED) is 0.264. The molecule has 0 amide bonds. The van der Waals surface area contributed by atoms with E-state index in [1.54, 1.807) is 36.4 Å². The molecule has 0 unspecified atom stereocenters. The minimum atomic E-state index is -3.62. The molecule has 0 heterocycles. The Bertz CT molecular complexity index is 1410. The summed E-state index contributed by atoms with van der Waals surface area (Å²) in [5.74, 6) is 0.648. The molecule has 1 saturated carbocycles. The summed E-state index contributed by atoms with van der Waals surface area (Å²) >= 11 is 0. The Kier molecular flexibility index (Phi) is 10.5. The topological polar surface area (TPSA) is 95.6 Å². The zero-order chi connectivity index (χ0) is 27.7. The lowest BCUT2D eigenvalue weighted by Crippen LogP contribution is -2.36. The van der Waals surface area contributed by atoms with Crippen molar-refractivity contribution in [2.75, 3.05) is 32.7 Å². The number of hydrogen-bond acceptors (Lipinski definition) is 5. The van der Waals surface area contributed by atoms with Crippen LogP contribution in [-0.2, 0) is 20.0 Å². The van der Waals surface area contributed by atoms with E-state index in [0.29, 0.717) is 36.7 Å². The van der Waals surface area contributed by atoms with E-state index in [1.807, 2.05) is 37.3 Å². The van der Waals surface area contributed by atoms with E-state index in [0.717, 1.165) is 36.0 Å². The summed E-state index contributed by atoms with van der Waals surface area (Å²) in [6.07, 6.45) is 7.66. The van der Waals surface area contributed by atoms with Gasteiger partial charge in [-0.05, 0) is 75.2 Å². The van der Waals surface area contributed by atoms with Gasteiger partial charge in [0.2, 0.25) is 20.0 Å². The van der Waals surface area contributed by atoms with Crippen LogP contribution in [0.5, 0.6) is 0 Å². The number of fused-ring (bicyclic) bond motifs is 1. The number of nitrogens with one attached hydrogen (secondary N) is 2. The van der Waals surface area contributed by atoms with Crippen molar-refractivity contribution in [3.8, 4) is 0 Å². The first-order valence-electron chi connectivity index (χ1n) is 14.0. The van der Waals surface area contributed by atoms with Gasteiger partial charge in [0.1, 0.15) is 0 Å². The van der Waals surface area contributed by atoms with Gasteiger partial charge in [0.25, 0.3) is 0 Å². The standard InChI is InChI=1S/C30H41N3O4S2/c1-25-16-18-28(19-17-25)38(34,35)31-20-8-22-33(24-26-10-3-2-4-11-26)23-9-21-32-39(36,37)30-15-7-13-27-12-5-6-14-29(27)30/h5-7,12-19,26,31-32H,2-4,8-11,20-24H2,1H3. The van der Waals surface area contributed by atoms with Crippen LogP contribution in [0.4, 0.5) is 0 Å². The smallest absolute Gasteiger partial charge is 0.241 e. The van der Waals surface area contributed by atoms with Gasteiger partial charge in [-0.15, -0.1) is 0 Å². The summed E-state index contributed by atoms with van der Waals surface area (Å²) in [5, 5.41) is 1.62. The zero-order valence-electron chi connectivity index (χ0n) is 22.8. The van der Waals surface area contributed by atoms with Crippen molar-refractivity contribution in [3.63, 3.8) is 0 Å². The number of aryl methyl sites for hydroxylation is 1. The van der Waals surface area contributed by atoms with Crippen molar-refractivity contribution in [2.45, 2.75) is 61.7 Å². The maximum absolute atomic E-state index is 13.1. The lowest BCUT2D eigenvalue weighted by molar-refractivity contribution is 0.197. The van der Waals surface area contributed by atoms with E-state index in [-0.39, 0.29) is 4.90 Å². The Balaban J connectivity index is 1.29. The molecule has 9 heteroatoms. The van der Waals surface area contributed by atoms with Crippen molar-refractivity contribution < 1.29 is 16.8 Å². The van der Waals surface area contributed by atoms with E-state index in [2.05, 4.69) is 14.3 Å². The molecule has 1 aliphatic carbocycles. The highest BCUT2D eigenvalue weighted by atomic mass is 32.2. The molecule has 0 spiro atoms. The normalized spacial score (nSPS) is 15.2. The molecule has 0 bridgehead atoms. The first kappa shape index (κ1) is 29.7. The van der Waals surface area contributed by atoms with Crippen LogP contribution < -0.4 is 9.44 Å². The molecule has 0 aliphatic heterocycles. The van der Waals surface area contributed by atoms with Crippen molar-refractivity contribution in [3.05, 3.63) is 72.3 Å². The molecule has 7 nitrogen and oxygen atoms in total. The zero-order valence-corrected chi connectivity index (χ0v) is 24.4. The summed E-state index contributed by atoms with van der Waals surface area (Å²) in [6.45, 7) is 5.15. The fourth-order valence-electron chi connectivity index (χ4n) is 5.36. The minimum Gasteiger partial charge on any atom is -0.303 e. The van der Waals surface area contributed by atoms with Crippen molar-refractivity contribution in [2.24, 2.45) is 5.92 Å². The van der Waals surface area contributed by atoms with Gasteiger partial charge in [0, 0.05) is 25.0 Å². The van der Waals surface area contributed by atoms with Crippen LogP contribution in [0.25, 0.3) is 10.8 Å². The number of benzene rings is 3. The van der Waals surface area contributed by atoms with Crippen LogP contribution in [0.3, 0.4) is 0 Å². The molecule has 3 aromatic carbocycles. The van der Waals surface area contributed by atoms with Gasteiger partial charge < -0.3 is 4.90 Å². The monoisotopic (exact) mass is 571 g/mol. The van der Waals surface area contributed by atoms with Crippen molar-refractivity contribution >= 4 is 30.8 Å². The Morgan fingerprint density at radius 3 is 2.05 bits per heavy atom. The summed E-state index contributed by atoms with van der Waals surface area (Å²) in [6, 6.07) is 19.7. The average molecular weight is 572 g/mol. The highest BCUT2D eigenvalue weighted by Gasteiger charge is 2.20. The Morgan fingerprint density at radius 1 is 0.744 bits per heavy atom. The maximum Gasteiger partial charge on any atom is 0.241 e. The van der Waals surface area contributed by atoms with E-state index >= 15 is 0 Å². The second-order valence-electron chi connectivity index (χ2n) is 10.6. The van der Waals surface area contributed by atoms with Gasteiger partial charge in [-0.2, -0.15) is 0 Å². The molecule has 212 valence electrons. The molecule has 39 heavy (non-hydrogen) atoms. The molecular weight excluding hydrogens is 530 g/mol. The second kappa shape index (κ2) is 13.9. The van der Waals surface area contributed by atoms with Crippen LogP contribution in [-0.4, -0.2) is 54.5 Å². The van der Waals surface area contributed by atoms with Crippen molar-refractivity contribution in [1.29, 1.82) is 0 Å². The van der Waals surface area contributed by atoms with E-state index in [1.165, 1.54) is 32.1 Å². The molecule has 4 rings (SSSR count). The van der Waals surface area contributed by atoms with Crippen LogP contribution in [0, 0.1) is 12.8 Å². The van der Waals surface area contributed by atoms with Crippen LogP contribution in [0.1, 0.15) is 50.5 Å². The molecule has 1 aliphatic rings. The maximum atomic E-state index is 13.1. The minimum absolute atomic E-state index is 0.283. The highest BCUT2D eigenvalue weighted by molar-refractivity contribution is 7.90. The summed E-state index contributed by atoms with van der Waals surface area (Å²) in [4.78, 5) is 2.97. The Labute approximate surface area is 234 Å². The summed E-state index contributed by atoms with van der Waals surface area (Å²) < 4.78 is 56.9. The largest absolute Gasteiger partial charge is 0.303 e. The van der Waals surface area contributed by atoms with Gasteiger partial charge in [-0.25, -0.2) is 26.3 Å². The predicted molar refractivity (Wildman–Crippen MR) is 158 cm³/mol. The van der Waals surface area contributed by atoms with Gasteiger partial charge in [0.05, 0.1) is 9.79 Å². The van der Waals surface area contributed by atoms with Gasteiger partial charge >= 0.3 is 0 Å². The number of sulfonamides is 2.